The topological polar surface area (TPSA) is 71.6 Å². The quantitative estimate of drug-likeness (QED) is 0.513. The Morgan fingerprint density at radius 1 is 1.21 bits per heavy atom. The molecular formula is C24H19F2N5O2. The molecule has 1 N–H and O–H groups in total. The number of benzene rings is 1. The van der Waals surface area contributed by atoms with Crippen LogP contribution in [0.15, 0.2) is 42.9 Å². The van der Waals surface area contributed by atoms with E-state index in [4.69, 9.17) is 0 Å². The lowest BCUT2D eigenvalue weighted by atomic mass is 10.0. The maximum absolute atomic E-state index is 15.3. The number of carbonyl (C=O) groups excluding carboxylic acids is 2. The maximum atomic E-state index is 15.3. The predicted octanol–water partition coefficient (Wildman–Crippen LogP) is 2.97. The molecule has 0 bridgehead atoms. The van der Waals surface area contributed by atoms with Gasteiger partial charge < -0.3 is 14.8 Å². The number of aromatic nitrogens is 3. The van der Waals surface area contributed by atoms with E-state index < -0.39 is 11.6 Å². The largest absolute Gasteiger partial charge is 0.376 e. The first-order valence-corrected chi connectivity index (χ1v) is 10.6. The van der Waals surface area contributed by atoms with E-state index in [1.807, 2.05) is 29.0 Å². The van der Waals surface area contributed by atoms with E-state index in [1.165, 1.54) is 6.92 Å². The Bertz CT molecular complexity index is 1530. The fourth-order valence-corrected chi connectivity index (χ4v) is 4.90. The third kappa shape index (κ3) is 2.81. The van der Waals surface area contributed by atoms with E-state index in [9.17, 15) is 14.0 Å². The Balaban J connectivity index is 1.64. The molecule has 2 aliphatic heterocycles. The highest BCUT2D eigenvalue weighted by molar-refractivity contribution is 6.32. The van der Waals surface area contributed by atoms with Crippen LogP contribution in [0.2, 0.25) is 0 Å². The molecule has 4 aromatic rings. The van der Waals surface area contributed by atoms with Crippen LogP contribution in [-0.4, -0.2) is 43.6 Å². The summed E-state index contributed by atoms with van der Waals surface area (Å²) >= 11 is 0. The predicted molar refractivity (Wildman–Crippen MR) is 118 cm³/mol. The first-order valence-electron chi connectivity index (χ1n) is 10.6. The molecule has 1 amide bonds. The molecule has 3 aromatic heterocycles. The Morgan fingerprint density at radius 2 is 2.06 bits per heavy atom. The van der Waals surface area contributed by atoms with Crippen molar-refractivity contribution in [2.75, 3.05) is 13.1 Å². The minimum atomic E-state index is -0.983. The Morgan fingerprint density at radius 3 is 2.88 bits per heavy atom. The van der Waals surface area contributed by atoms with Crippen LogP contribution in [0.5, 0.6) is 0 Å². The number of fused-ring (bicyclic) bond motifs is 1. The second kappa shape index (κ2) is 6.99. The van der Waals surface area contributed by atoms with Gasteiger partial charge in [0.05, 0.1) is 35.2 Å². The van der Waals surface area contributed by atoms with E-state index in [0.29, 0.717) is 52.3 Å². The van der Waals surface area contributed by atoms with Gasteiger partial charge in [0.2, 0.25) is 5.91 Å². The van der Waals surface area contributed by atoms with E-state index in [0.717, 1.165) is 6.07 Å². The van der Waals surface area contributed by atoms with Crippen molar-refractivity contribution in [2.45, 2.75) is 20.0 Å². The minimum Gasteiger partial charge on any atom is -0.376 e. The van der Waals surface area contributed by atoms with Gasteiger partial charge in [0.1, 0.15) is 5.65 Å². The van der Waals surface area contributed by atoms with E-state index >= 15 is 4.39 Å². The lowest BCUT2D eigenvalue weighted by Crippen LogP contribution is -2.29. The average Bonchev–Trinajstić information content (AvgIpc) is 3.45. The zero-order valence-electron chi connectivity index (χ0n) is 17.7. The highest BCUT2D eigenvalue weighted by Gasteiger charge is 2.32. The molecule has 166 valence electrons. The summed E-state index contributed by atoms with van der Waals surface area (Å²) in [7, 11) is 0. The summed E-state index contributed by atoms with van der Waals surface area (Å²) in [6.45, 7) is 2.56. The Hall–Kier alpha value is -4.01. The van der Waals surface area contributed by atoms with Crippen molar-refractivity contribution >= 4 is 39.5 Å². The number of hydrogen-bond donors (Lipinski definition) is 1. The zero-order valence-corrected chi connectivity index (χ0v) is 17.7. The molecule has 2 aliphatic rings. The van der Waals surface area contributed by atoms with Crippen LogP contribution in [-0.2, 0) is 22.7 Å². The number of nitrogens with one attached hydrogen (secondary N) is 1. The molecule has 6 rings (SSSR count). The summed E-state index contributed by atoms with van der Waals surface area (Å²) in [5.74, 6) is -2.23. The number of carbonyl (C=O) groups is 2. The van der Waals surface area contributed by atoms with Gasteiger partial charge in [0, 0.05) is 49.9 Å². The average molecular weight is 447 g/mol. The standard InChI is InChI=1S/C24H19F2N5O2/c1-13(32)29-6-7-30-12-15(20-22(26)16(25)8-14(11-29)24(20)30)23-21(18(33)10-28-23)17-9-27-19-4-2-3-5-31(17)19/h2-5,8-9,12,28H,6-7,10-11H2,1H3. The number of Topliss-reactive ketones (excluding diaryl/α,β-unsaturated/α-hetero) is 1. The summed E-state index contributed by atoms with van der Waals surface area (Å²) in [4.78, 5) is 30.9. The van der Waals surface area contributed by atoms with Crippen molar-refractivity contribution in [1.29, 1.82) is 0 Å². The van der Waals surface area contributed by atoms with Crippen LogP contribution < -0.4 is 5.32 Å². The maximum Gasteiger partial charge on any atom is 0.219 e. The lowest BCUT2D eigenvalue weighted by molar-refractivity contribution is -0.129. The van der Waals surface area contributed by atoms with E-state index in [1.54, 1.807) is 21.7 Å². The van der Waals surface area contributed by atoms with Gasteiger partial charge in [0.15, 0.2) is 17.4 Å². The second-order valence-corrected chi connectivity index (χ2v) is 8.33. The van der Waals surface area contributed by atoms with Gasteiger partial charge in [-0.15, -0.1) is 0 Å². The normalized spacial score (nSPS) is 16.1. The van der Waals surface area contributed by atoms with Gasteiger partial charge in [-0.2, -0.15) is 0 Å². The molecule has 0 saturated carbocycles. The fraction of sp³-hybridized carbons (Fsp3) is 0.208. The van der Waals surface area contributed by atoms with Crippen molar-refractivity contribution in [3.63, 3.8) is 0 Å². The van der Waals surface area contributed by atoms with Crippen LogP contribution in [0.25, 0.3) is 27.8 Å². The van der Waals surface area contributed by atoms with E-state index in [-0.39, 0.29) is 30.2 Å². The zero-order chi connectivity index (χ0) is 22.9. The molecular weight excluding hydrogens is 428 g/mol. The molecule has 0 radical (unpaired) electrons. The number of hydrogen-bond acceptors (Lipinski definition) is 4. The first-order chi connectivity index (χ1) is 15.9. The Labute approximate surface area is 186 Å². The molecule has 0 fully saturated rings. The van der Waals surface area contributed by atoms with Crippen LogP contribution in [0.3, 0.4) is 0 Å². The highest BCUT2D eigenvalue weighted by atomic mass is 19.2. The number of amides is 1. The van der Waals surface area contributed by atoms with Crippen molar-refractivity contribution in [3.8, 4) is 0 Å². The van der Waals surface area contributed by atoms with Crippen LogP contribution in [0.4, 0.5) is 8.78 Å². The first kappa shape index (κ1) is 19.7. The summed E-state index contributed by atoms with van der Waals surface area (Å²) in [5.41, 5.74) is 3.60. The van der Waals surface area contributed by atoms with Gasteiger partial charge in [-0.1, -0.05) is 6.07 Å². The number of rotatable bonds is 2. The molecule has 0 saturated heterocycles. The van der Waals surface area contributed by atoms with Crippen molar-refractivity contribution < 1.29 is 18.4 Å². The van der Waals surface area contributed by atoms with Crippen LogP contribution in [0.1, 0.15) is 23.7 Å². The third-order valence-corrected chi connectivity index (χ3v) is 6.43. The molecule has 0 unspecified atom stereocenters. The van der Waals surface area contributed by atoms with Crippen molar-refractivity contribution in [2.24, 2.45) is 0 Å². The summed E-state index contributed by atoms with van der Waals surface area (Å²) < 4.78 is 33.6. The molecule has 9 heteroatoms. The molecule has 0 aliphatic carbocycles. The van der Waals surface area contributed by atoms with Gasteiger partial charge in [0.25, 0.3) is 0 Å². The molecule has 0 spiro atoms. The molecule has 33 heavy (non-hydrogen) atoms. The lowest BCUT2D eigenvalue weighted by Gasteiger charge is -2.18. The van der Waals surface area contributed by atoms with Gasteiger partial charge in [-0.25, -0.2) is 13.8 Å². The number of nitrogens with zero attached hydrogens (tertiary/aromatic N) is 4. The SMILES string of the molecule is CC(=O)N1CCn2cc(C3=C(c4cnc5ccccn45)C(=O)CN3)c3c(F)c(F)cc(c32)C1. The minimum absolute atomic E-state index is 0.0549. The highest BCUT2D eigenvalue weighted by Crippen LogP contribution is 2.38. The van der Waals surface area contributed by atoms with Gasteiger partial charge in [-0.05, 0) is 23.8 Å². The van der Waals surface area contributed by atoms with Gasteiger partial charge >= 0.3 is 0 Å². The molecule has 1 aromatic carbocycles. The van der Waals surface area contributed by atoms with E-state index in [2.05, 4.69) is 10.3 Å². The monoisotopic (exact) mass is 447 g/mol. The van der Waals surface area contributed by atoms with Crippen molar-refractivity contribution in [3.05, 3.63) is 71.3 Å². The Kier molecular flexibility index (Phi) is 4.17. The van der Waals surface area contributed by atoms with Gasteiger partial charge in [-0.3, -0.25) is 14.0 Å². The van der Waals surface area contributed by atoms with Crippen LogP contribution in [0, 0.1) is 11.6 Å². The molecule has 7 nitrogen and oxygen atoms in total. The summed E-state index contributed by atoms with van der Waals surface area (Å²) in [6, 6.07) is 6.68. The summed E-state index contributed by atoms with van der Waals surface area (Å²) in [5, 5.41) is 3.22. The number of imidazole rings is 1. The number of ketones is 1. The second-order valence-electron chi connectivity index (χ2n) is 8.33. The smallest absolute Gasteiger partial charge is 0.219 e. The molecule has 5 heterocycles. The number of halogens is 2. The molecule has 0 atom stereocenters. The summed E-state index contributed by atoms with van der Waals surface area (Å²) in [6.07, 6.45) is 5.17. The number of pyridine rings is 1. The van der Waals surface area contributed by atoms with Crippen molar-refractivity contribution in [1.82, 2.24) is 24.2 Å². The fourth-order valence-electron chi connectivity index (χ4n) is 4.90. The van der Waals surface area contributed by atoms with Crippen LogP contribution >= 0.6 is 0 Å². The third-order valence-electron chi connectivity index (χ3n) is 6.43.